The number of nitrogens with zero attached hydrogens (tertiary/aromatic N) is 4. The number of aromatic nitrogens is 4. The number of rotatable bonds is 4. The fourth-order valence-electron chi connectivity index (χ4n) is 2.92. The highest BCUT2D eigenvalue weighted by molar-refractivity contribution is 5.63. The lowest BCUT2D eigenvalue weighted by molar-refractivity contribution is 0.174. The zero-order valence-electron chi connectivity index (χ0n) is 14.6. The summed E-state index contributed by atoms with van der Waals surface area (Å²) >= 11 is 0. The standard InChI is InChI=1S/C20H14N4O4/c25-19-9-7-15(14-6-8-16-17(10-14)27-12-26-16)22-24(19)11-18-21-20(23-28-18)13-4-2-1-3-5-13/h1-10H,11-12H2. The maximum Gasteiger partial charge on any atom is 0.267 e. The zero-order valence-corrected chi connectivity index (χ0v) is 14.6. The first-order valence-electron chi connectivity index (χ1n) is 8.62. The second-order valence-corrected chi connectivity index (χ2v) is 6.16. The first-order chi connectivity index (χ1) is 13.8. The first kappa shape index (κ1) is 16.2. The lowest BCUT2D eigenvalue weighted by Gasteiger charge is -2.06. The monoisotopic (exact) mass is 374 g/mol. The fraction of sp³-hybridized carbons (Fsp3) is 0.100. The Labute approximate surface area is 159 Å². The minimum atomic E-state index is -0.260. The van der Waals surface area contributed by atoms with Gasteiger partial charge in [-0.25, -0.2) is 4.68 Å². The van der Waals surface area contributed by atoms with Crippen LogP contribution >= 0.6 is 0 Å². The summed E-state index contributed by atoms with van der Waals surface area (Å²) in [4.78, 5) is 16.6. The summed E-state index contributed by atoms with van der Waals surface area (Å²) in [5.74, 6) is 2.12. The smallest absolute Gasteiger partial charge is 0.267 e. The molecule has 5 rings (SSSR count). The predicted octanol–water partition coefficient (Wildman–Crippen LogP) is 2.74. The summed E-state index contributed by atoms with van der Waals surface area (Å²) in [6.45, 7) is 0.281. The molecule has 0 unspecified atom stereocenters. The van der Waals surface area contributed by atoms with Gasteiger partial charge in [0.05, 0.1) is 5.69 Å². The van der Waals surface area contributed by atoms with Crippen molar-refractivity contribution >= 4 is 0 Å². The van der Waals surface area contributed by atoms with Crippen LogP contribution in [0.15, 0.2) is 70.0 Å². The predicted molar refractivity (Wildman–Crippen MR) is 98.9 cm³/mol. The zero-order chi connectivity index (χ0) is 18.9. The average Bonchev–Trinajstić information content (AvgIpc) is 3.39. The maximum absolute atomic E-state index is 12.2. The van der Waals surface area contributed by atoms with Crippen molar-refractivity contribution in [2.24, 2.45) is 0 Å². The highest BCUT2D eigenvalue weighted by Crippen LogP contribution is 2.35. The number of hydrogen-bond acceptors (Lipinski definition) is 7. The van der Waals surface area contributed by atoms with E-state index >= 15 is 0 Å². The molecule has 138 valence electrons. The SMILES string of the molecule is O=c1ccc(-c2ccc3c(c2)OCO3)nn1Cc1nc(-c2ccccc2)no1. The van der Waals surface area contributed by atoms with Crippen LogP contribution in [0.1, 0.15) is 5.89 Å². The molecule has 0 atom stereocenters. The van der Waals surface area contributed by atoms with Gasteiger partial charge in [-0.3, -0.25) is 4.79 Å². The molecule has 8 heteroatoms. The molecule has 0 bridgehead atoms. The molecular formula is C20H14N4O4. The summed E-state index contributed by atoms with van der Waals surface area (Å²) < 4.78 is 17.3. The number of hydrogen-bond donors (Lipinski definition) is 0. The quantitative estimate of drug-likeness (QED) is 0.542. The molecule has 0 spiro atoms. The van der Waals surface area contributed by atoms with Crippen LogP contribution in [0, 0.1) is 0 Å². The molecule has 0 fully saturated rings. The van der Waals surface area contributed by atoms with Crippen molar-refractivity contribution < 1.29 is 14.0 Å². The van der Waals surface area contributed by atoms with Gasteiger partial charge >= 0.3 is 0 Å². The second-order valence-electron chi connectivity index (χ2n) is 6.16. The summed E-state index contributed by atoms with van der Waals surface area (Å²) in [5.41, 5.74) is 2.02. The molecule has 0 saturated heterocycles. The molecule has 0 radical (unpaired) electrons. The minimum Gasteiger partial charge on any atom is -0.454 e. The summed E-state index contributed by atoms with van der Waals surface area (Å²) in [6, 6.07) is 18.1. The van der Waals surface area contributed by atoms with E-state index in [4.69, 9.17) is 14.0 Å². The van der Waals surface area contributed by atoms with Crippen LogP contribution in [-0.4, -0.2) is 26.7 Å². The molecule has 4 aromatic rings. The molecule has 8 nitrogen and oxygen atoms in total. The minimum absolute atomic E-state index is 0.0804. The van der Waals surface area contributed by atoms with Crippen molar-refractivity contribution in [2.45, 2.75) is 6.54 Å². The Hall–Kier alpha value is -3.94. The van der Waals surface area contributed by atoms with Gasteiger partial charge in [0.1, 0.15) is 6.54 Å². The lowest BCUT2D eigenvalue weighted by Crippen LogP contribution is -2.23. The number of ether oxygens (including phenoxy) is 2. The maximum atomic E-state index is 12.2. The van der Waals surface area contributed by atoms with Gasteiger partial charge in [-0.2, -0.15) is 10.1 Å². The van der Waals surface area contributed by atoms with Crippen molar-refractivity contribution in [3.05, 3.63) is 76.9 Å². The molecule has 1 aliphatic heterocycles. The van der Waals surface area contributed by atoms with Gasteiger partial charge in [0.25, 0.3) is 5.56 Å². The molecule has 2 aromatic heterocycles. The Kier molecular flexibility index (Phi) is 3.86. The van der Waals surface area contributed by atoms with Crippen LogP contribution < -0.4 is 15.0 Å². The Morgan fingerprint density at radius 3 is 2.68 bits per heavy atom. The molecule has 0 aliphatic carbocycles. The summed E-state index contributed by atoms with van der Waals surface area (Å²) in [7, 11) is 0. The fourth-order valence-corrected chi connectivity index (χ4v) is 2.92. The van der Waals surface area contributed by atoms with Gasteiger partial charge in [-0.05, 0) is 24.3 Å². The highest BCUT2D eigenvalue weighted by atomic mass is 16.7. The Balaban J connectivity index is 1.44. The number of benzene rings is 2. The lowest BCUT2D eigenvalue weighted by atomic mass is 10.1. The van der Waals surface area contributed by atoms with E-state index in [0.29, 0.717) is 28.9 Å². The summed E-state index contributed by atoms with van der Waals surface area (Å²) in [6.07, 6.45) is 0. The average molecular weight is 374 g/mol. The van der Waals surface area contributed by atoms with Gasteiger partial charge in [0.2, 0.25) is 18.5 Å². The van der Waals surface area contributed by atoms with Crippen LogP contribution in [-0.2, 0) is 6.54 Å². The molecule has 2 aromatic carbocycles. The Morgan fingerprint density at radius 2 is 1.79 bits per heavy atom. The third-order valence-corrected chi connectivity index (χ3v) is 4.32. The van der Waals surface area contributed by atoms with Crippen molar-refractivity contribution in [1.82, 2.24) is 19.9 Å². The molecule has 1 aliphatic rings. The van der Waals surface area contributed by atoms with Crippen LogP contribution in [0.3, 0.4) is 0 Å². The Bertz CT molecular complexity index is 1200. The van der Waals surface area contributed by atoms with Crippen molar-refractivity contribution in [3.63, 3.8) is 0 Å². The van der Waals surface area contributed by atoms with E-state index in [0.717, 1.165) is 11.1 Å². The second kappa shape index (κ2) is 6.66. The van der Waals surface area contributed by atoms with Gasteiger partial charge < -0.3 is 14.0 Å². The van der Waals surface area contributed by atoms with E-state index in [1.165, 1.54) is 10.7 Å². The van der Waals surface area contributed by atoms with Gasteiger partial charge in [0, 0.05) is 17.2 Å². The third kappa shape index (κ3) is 3.01. The Morgan fingerprint density at radius 1 is 0.929 bits per heavy atom. The van der Waals surface area contributed by atoms with Crippen LogP contribution in [0.2, 0.25) is 0 Å². The van der Waals surface area contributed by atoms with Gasteiger partial charge in [0.15, 0.2) is 11.5 Å². The van der Waals surface area contributed by atoms with E-state index in [-0.39, 0.29) is 18.9 Å². The van der Waals surface area contributed by atoms with Crippen molar-refractivity contribution in [2.75, 3.05) is 6.79 Å². The third-order valence-electron chi connectivity index (χ3n) is 4.32. The van der Waals surface area contributed by atoms with E-state index < -0.39 is 0 Å². The normalized spacial score (nSPS) is 12.3. The largest absolute Gasteiger partial charge is 0.454 e. The van der Waals surface area contributed by atoms with Gasteiger partial charge in [-0.1, -0.05) is 35.5 Å². The number of fused-ring (bicyclic) bond motifs is 1. The van der Waals surface area contributed by atoms with E-state index in [2.05, 4.69) is 15.2 Å². The highest BCUT2D eigenvalue weighted by Gasteiger charge is 2.15. The van der Waals surface area contributed by atoms with E-state index in [1.54, 1.807) is 6.07 Å². The molecule has 3 heterocycles. The van der Waals surface area contributed by atoms with Gasteiger partial charge in [-0.15, -0.1) is 0 Å². The topological polar surface area (TPSA) is 92.3 Å². The van der Waals surface area contributed by atoms with E-state index in [9.17, 15) is 4.79 Å². The van der Waals surface area contributed by atoms with Crippen LogP contribution in [0.25, 0.3) is 22.6 Å². The molecule has 0 N–H and O–H groups in total. The first-order valence-corrected chi connectivity index (χ1v) is 8.62. The van der Waals surface area contributed by atoms with E-state index in [1.807, 2.05) is 48.5 Å². The molecule has 28 heavy (non-hydrogen) atoms. The summed E-state index contributed by atoms with van der Waals surface area (Å²) in [5, 5.41) is 8.40. The van der Waals surface area contributed by atoms with Crippen molar-refractivity contribution in [1.29, 1.82) is 0 Å². The van der Waals surface area contributed by atoms with Crippen molar-refractivity contribution in [3.8, 4) is 34.1 Å². The van der Waals surface area contributed by atoms with Crippen LogP contribution in [0.4, 0.5) is 0 Å². The molecule has 0 saturated carbocycles. The van der Waals surface area contributed by atoms with Crippen LogP contribution in [0.5, 0.6) is 11.5 Å². The molecule has 0 amide bonds. The molecular weight excluding hydrogens is 360 g/mol.